The molecule has 1 atom stereocenters. The van der Waals surface area contributed by atoms with Gasteiger partial charge in [0.25, 0.3) is 0 Å². The van der Waals surface area contributed by atoms with E-state index in [4.69, 9.17) is 11.6 Å². The second-order valence-corrected chi connectivity index (χ2v) is 5.15. The van der Waals surface area contributed by atoms with Crippen LogP contribution in [0.4, 0.5) is 0 Å². The Morgan fingerprint density at radius 2 is 1.94 bits per heavy atom. The van der Waals surface area contributed by atoms with Crippen LogP contribution in [0.1, 0.15) is 24.8 Å². The summed E-state index contributed by atoms with van der Waals surface area (Å²) in [6.07, 6.45) is 3.86. The third-order valence-electron chi connectivity index (χ3n) is 3.49. The summed E-state index contributed by atoms with van der Waals surface area (Å²) < 4.78 is 0. The first-order valence-electron chi connectivity index (χ1n) is 6.39. The molecule has 0 unspecified atom stereocenters. The van der Waals surface area contributed by atoms with E-state index in [2.05, 4.69) is 4.90 Å². The van der Waals surface area contributed by atoms with E-state index in [1.54, 1.807) is 0 Å². The van der Waals surface area contributed by atoms with Crippen LogP contribution in [-0.4, -0.2) is 35.1 Å². The smallest absolute Gasteiger partial charge is 0.321 e. The number of rotatable bonds is 4. The van der Waals surface area contributed by atoms with Gasteiger partial charge in [-0.1, -0.05) is 36.2 Å². The molecular weight excluding hydrogens is 250 g/mol. The van der Waals surface area contributed by atoms with Crippen LogP contribution in [0.25, 0.3) is 0 Å². The summed E-state index contributed by atoms with van der Waals surface area (Å²) in [7, 11) is 0. The molecular formula is C14H18ClNO2. The highest BCUT2D eigenvalue weighted by molar-refractivity contribution is 6.31. The minimum absolute atomic E-state index is 0.454. The van der Waals surface area contributed by atoms with Crippen molar-refractivity contribution in [2.24, 2.45) is 0 Å². The van der Waals surface area contributed by atoms with E-state index < -0.39 is 12.0 Å². The zero-order chi connectivity index (χ0) is 13.0. The fourth-order valence-electron chi connectivity index (χ4n) is 2.47. The molecule has 3 nitrogen and oxygen atoms in total. The summed E-state index contributed by atoms with van der Waals surface area (Å²) in [5.74, 6) is -0.753. The molecule has 1 heterocycles. The van der Waals surface area contributed by atoms with Crippen molar-refractivity contribution in [3.8, 4) is 0 Å². The van der Waals surface area contributed by atoms with Crippen LogP contribution in [0.3, 0.4) is 0 Å². The lowest BCUT2D eigenvalue weighted by Gasteiger charge is -2.32. The first kappa shape index (κ1) is 13.4. The molecule has 2 rings (SSSR count). The van der Waals surface area contributed by atoms with Crippen LogP contribution < -0.4 is 0 Å². The van der Waals surface area contributed by atoms with Gasteiger partial charge in [-0.3, -0.25) is 9.69 Å². The fraction of sp³-hybridized carbons (Fsp3) is 0.500. The van der Waals surface area contributed by atoms with E-state index in [0.29, 0.717) is 11.4 Å². The van der Waals surface area contributed by atoms with Gasteiger partial charge in [0.05, 0.1) is 0 Å². The molecule has 0 spiro atoms. The molecule has 0 saturated carbocycles. The summed E-state index contributed by atoms with van der Waals surface area (Å²) in [6, 6.07) is 7.03. The van der Waals surface area contributed by atoms with Gasteiger partial charge in [-0.25, -0.2) is 0 Å². The Kier molecular flexibility index (Phi) is 4.61. The maximum absolute atomic E-state index is 11.4. The zero-order valence-corrected chi connectivity index (χ0v) is 11.1. The van der Waals surface area contributed by atoms with Crippen LogP contribution in [-0.2, 0) is 11.2 Å². The maximum atomic E-state index is 11.4. The number of benzene rings is 1. The van der Waals surface area contributed by atoms with Crippen LogP contribution >= 0.6 is 11.6 Å². The normalized spacial score (nSPS) is 18.5. The molecule has 0 bridgehead atoms. The number of piperidine rings is 1. The van der Waals surface area contributed by atoms with Crippen LogP contribution in [0.15, 0.2) is 24.3 Å². The first-order chi connectivity index (χ1) is 8.68. The molecule has 0 aromatic heterocycles. The highest BCUT2D eigenvalue weighted by Gasteiger charge is 2.27. The topological polar surface area (TPSA) is 40.5 Å². The Morgan fingerprint density at radius 3 is 2.56 bits per heavy atom. The number of halogens is 1. The van der Waals surface area contributed by atoms with Gasteiger partial charge in [-0.15, -0.1) is 0 Å². The number of likely N-dealkylation sites (tertiary alicyclic amines) is 1. The lowest BCUT2D eigenvalue weighted by Crippen LogP contribution is -2.45. The largest absolute Gasteiger partial charge is 0.480 e. The van der Waals surface area contributed by atoms with Crippen LogP contribution in [0.5, 0.6) is 0 Å². The summed E-state index contributed by atoms with van der Waals surface area (Å²) in [5.41, 5.74) is 0.914. The van der Waals surface area contributed by atoms with Crippen molar-refractivity contribution < 1.29 is 9.90 Å². The standard InChI is InChI=1S/C14H18ClNO2/c15-12-7-3-2-6-11(12)10-13(14(17)18)16-8-4-1-5-9-16/h2-3,6-7,13H,1,4-5,8-10H2,(H,17,18)/t13-/m1/s1. The van der Waals surface area contributed by atoms with E-state index in [9.17, 15) is 9.90 Å². The fourth-order valence-corrected chi connectivity index (χ4v) is 2.69. The molecule has 4 heteroatoms. The first-order valence-corrected chi connectivity index (χ1v) is 6.76. The Bertz CT molecular complexity index is 416. The van der Waals surface area contributed by atoms with E-state index in [1.807, 2.05) is 24.3 Å². The number of nitrogens with zero attached hydrogens (tertiary/aromatic N) is 1. The van der Waals surface area contributed by atoms with Crippen LogP contribution in [0.2, 0.25) is 5.02 Å². The predicted molar refractivity (Wildman–Crippen MR) is 72.0 cm³/mol. The van der Waals surface area contributed by atoms with Gasteiger partial charge >= 0.3 is 5.97 Å². The third-order valence-corrected chi connectivity index (χ3v) is 3.86. The van der Waals surface area contributed by atoms with Gasteiger partial charge in [-0.2, -0.15) is 0 Å². The number of aliphatic carboxylic acids is 1. The Labute approximate surface area is 112 Å². The molecule has 0 amide bonds. The van der Waals surface area contributed by atoms with Crippen molar-refractivity contribution in [3.05, 3.63) is 34.9 Å². The zero-order valence-electron chi connectivity index (χ0n) is 10.3. The summed E-state index contributed by atoms with van der Waals surface area (Å²) >= 11 is 6.10. The highest BCUT2D eigenvalue weighted by atomic mass is 35.5. The average Bonchev–Trinajstić information content (AvgIpc) is 2.38. The molecule has 0 radical (unpaired) electrons. The SMILES string of the molecule is O=C(O)[C@@H](Cc1ccccc1Cl)N1CCCCC1. The Morgan fingerprint density at radius 1 is 1.28 bits per heavy atom. The Balaban J connectivity index is 2.11. The maximum Gasteiger partial charge on any atom is 0.321 e. The van der Waals surface area contributed by atoms with Gasteiger partial charge in [0, 0.05) is 11.4 Å². The van der Waals surface area contributed by atoms with Crippen molar-refractivity contribution in [3.63, 3.8) is 0 Å². The van der Waals surface area contributed by atoms with Gasteiger partial charge in [-0.05, 0) is 37.6 Å². The lowest BCUT2D eigenvalue weighted by atomic mass is 10.0. The molecule has 1 aliphatic rings. The number of carboxylic acids is 1. The average molecular weight is 268 g/mol. The minimum atomic E-state index is -0.753. The molecule has 1 aromatic carbocycles. The summed E-state index contributed by atoms with van der Waals surface area (Å²) in [5, 5.41) is 10.0. The van der Waals surface area contributed by atoms with E-state index in [-0.39, 0.29) is 0 Å². The molecule has 1 aliphatic heterocycles. The molecule has 1 N–H and O–H groups in total. The van der Waals surface area contributed by atoms with Gasteiger partial charge in [0.2, 0.25) is 0 Å². The van der Waals surface area contributed by atoms with Crippen molar-refractivity contribution >= 4 is 17.6 Å². The van der Waals surface area contributed by atoms with Gasteiger partial charge in [0.1, 0.15) is 6.04 Å². The number of hydrogen-bond donors (Lipinski definition) is 1. The molecule has 18 heavy (non-hydrogen) atoms. The lowest BCUT2D eigenvalue weighted by molar-refractivity contribution is -0.143. The molecule has 1 saturated heterocycles. The van der Waals surface area contributed by atoms with Crippen molar-refractivity contribution in [1.82, 2.24) is 4.90 Å². The summed E-state index contributed by atoms with van der Waals surface area (Å²) in [4.78, 5) is 13.5. The van der Waals surface area contributed by atoms with Crippen LogP contribution in [0, 0.1) is 0 Å². The van der Waals surface area contributed by atoms with Crippen molar-refractivity contribution in [2.45, 2.75) is 31.7 Å². The van der Waals surface area contributed by atoms with E-state index in [1.165, 1.54) is 6.42 Å². The molecule has 98 valence electrons. The van der Waals surface area contributed by atoms with E-state index >= 15 is 0 Å². The number of hydrogen-bond acceptors (Lipinski definition) is 2. The Hall–Kier alpha value is -1.06. The van der Waals surface area contributed by atoms with Gasteiger partial charge in [0.15, 0.2) is 0 Å². The third kappa shape index (κ3) is 3.24. The minimum Gasteiger partial charge on any atom is -0.480 e. The number of carboxylic acid groups (broad SMARTS) is 1. The molecule has 1 aromatic rings. The monoisotopic (exact) mass is 267 g/mol. The quantitative estimate of drug-likeness (QED) is 0.912. The van der Waals surface area contributed by atoms with Gasteiger partial charge < -0.3 is 5.11 Å². The van der Waals surface area contributed by atoms with Crippen molar-refractivity contribution in [1.29, 1.82) is 0 Å². The molecule has 0 aliphatic carbocycles. The number of carbonyl (C=O) groups is 1. The van der Waals surface area contributed by atoms with Crippen molar-refractivity contribution in [2.75, 3.05) is 13.1 Å². The highest BCUT2D eigenvalue weighted by Crippen LogP contribution is 2.21. The second kappa shape index (κ2) is 6.21. The van der Waals surface area contributed by atoms with E-state index in [0.717, 1.165) is 31.5 Å². The second-order valence-electron chi connectivity index (χ2n) is 4.75. The summed E-state index contributed by atoms with van der Waals surface area (Å²) in [6.45, 7) is 1.75. The molecule has 1 fully saturated rings. The predicted octanol–water partition coefficient (Wildman–Crippen LogP) is 2.82.